The molecule has 1 N–H and O–H groups in total. The van der Waals surface area contributed by atoms with Crippen LogP contribution in [0.1, 0.15) is 12.8 Å². The first kappa shape index (κ1) is 6.49. The average molecular weight is 100 g/mol. The molecule has 0 unspecified atom stereocenters. The van der Waals surface area contributed by atoms with Gasteiger partial charge in [0.25, 0.3) is 0 Å². The average Bonchev–Trinajstić information content (AvgIpc) is 1.61. The van der Waals surface area contributed by atoms with Gasteiger partial charge < -0.3 is 5.11 Å². The van der Waals surface area contributed by atoms with Crippen molar-refractivity contribution < 1.29 is 5.11 Å². The van der Waals surface area contributed by atoms with Crippen LogP contribution < -0.4 is 0 Å². The normalized spacial score (nSPS) is 8.83. The van der Waals surface area contributed by atoms with Gasteiger partial charge in [0.1, 0.15) is 16.3 Å². The zero-order valence-electron chi connectivity index (χ0n) is 3.85. The zero-order valence-corrected chi connectivity index (χ0v) is 5.01. The fraction of sp³-hybridized carbons (Fsp3) is 1.00. The molecule has 2 heteroatoms. The molecule has 1 nitrogen and oxygen atoms in total. The van der Waals surface area contributed by atoms with Crippen LogP contribution in [-0.4, -0.2) is 28.0 Å². The fourth-order valence-corrected chi connectivity index (χ4v) is 0.545. The van der Waals surface area contributed by atoms with E-state index in [2.05, 4.69) is 16.3 Å². The summed E-state index contributed by atoms with van der Waals surface area (Å²) in [7, 11) is 0. The maximum absolute atomic E-state index is 8.19. The van der Waals surface area contributed by atoms with E-state index in [-0.39, 0.29) is 0 Å². The van der Waals surface area contributed by atoms with Crippen molar-refractivity contribution in [2.24, 2.45) is 0 Å². The van der Waals surface area contributed by atoms with E-state index in [1.54, 1.807) is 0 Å². The van der Waals surface area contributed by atoms with Crippen molar-refractivity contribution >= 4 is 16.3 Å². The van der Waals surface area contributed by atoms with Crippen LogP contribution in [0.15, 0.2) is 0 Å². The van der Waals surface area contributed by atoms with Crippen LogP contribution in [0.4, 0.5) is 0 Å². The van der Waals surface area contributed by atoms with Gasteiger partial charge in [-0.05, 0) is 6.42 Å². The molecule has 0 amide bonds. The van der Waals surface area contributed by atoms with Crippen molar-refractivity contribution in [1.29, 1.82) is 0 Å². The smallest absolute Gasteiger partial charge is 0.118 e. The second kappa shape index (κ2) is 5.49. The Balaban J connectivity index is 2.34. The largest absolute Gasteiger partial charge is 0.396 e. The highest BCUT2D eigenvalue weighted by Gasteiger charge is 1.75. The molecule has 0 saturated heterocycles. The van der Waals surface area contributed by atoms with Gasteiger partial charge >= 0.3 is 0 Å². The Hall–Kier alpha value is 0.492. The summed E-state index contributed by atoms with van der Waals surface area (Å²) in [5.74, 6) is 0. The first-order chi connectivity index (χ1) is 2.91. The van der Waals surface area contributed by atoms with Gasteiger partial charge in [-0.3, -0.25) is 0 Å². The second-order valence-electron chi connectivity index (χ2n) is 1.22. The third-order valence-corrected chi connectivity index (χ3v) is 1.02. The molecule has 0 bridgehead atoms. The summed E-state index contributed by atoms with van der Waals surface area (Å²) in [6.45, 7) is 0.342. The molecule has 0 aliphatic carbocycles. The Bertz CT molecular complexity index is 19.5. The number of unbranched alkanes of at least 4 members (excludes halogenated alkanes) is 1. The third kappa shape index (κ3) is 4.49. The molecule has 2 radical (unpaired) electrons. The van der Waals surface area contributed by atoms with Gasteiger partial charge in [-0.15, -0.1) is 5.28 Å². The lowest BCUT2D eigenvalue weighted by Crippen LogP contribution is -1.79. The number of hydrogen-bond acceptors (Lipinski definition) is 1. The van der Waals surface area contributed by atoms with Gasteiger partial charge in [0, 0.05) is 6.61 Å². The maximum atomic E-state index is 8.19. The van der Waals surface area contributed by atoms with Gasteiger partial charge in [-0.25, -0.2) is 0 Å². The Labute approximate surface area is 46.8 Å². The van der Waals surface area contributed by atoms with Crippen LogP contribution in [0.25, 0.3) is 0 Å². The van der Waals surface area contributed by atoms with E-state index < -0.39 is 0 Å². The van der Waals surface area contributed by atoms with Gasteiger partial charge in [-0.1, -0.05) is 6.42 Å². The SMILES string of the molecule is OCCC[CH2][Al]. The van der Waals surface area contributed by atoms with E-state index in [0.29, 0.717) is 6.61 Å². The second-order valence-corrected chi connectivity index (χ2v) is 1.80. The highest BCUT2D eigenvalue weighted by atomic mass is 27.0. The molecular formula is C4H9AlO. The lowest BCUT2D eigenvalue weighted by atomic mass is 10.4. The molecule has 0 spiro atoms. The first-order valence-electron chi connectivity index (χ1n) is 2.22. The number of hydrogen-bond donors (Lipinski definition) is 1. The Morgan fingerprint density at radius 1 is 1.33 bits per heavy atom. The standard InChI is InChI=1S/C4H9O.Al/c1-2-3-4-5;/h5H,1-4H2;. The van der Waals surface area contributed by atoms with Gasteiger partial charge in [0.05, 0.1) is 0 Å². The van der Waals surface area contributed by atoms with E-state index in [0.717, 1.165) is 18.1 Å². The van der Waals surface area contributed by atoms with Crippen LogP contribution in [-0.2, 0) is 0 Å². The van der Waals surface area contributed by atoms with Gasteiger partial charge in [0.15, 0.2) is 0 Å². The van der Waals surface area contributed by atoms with E-state index in [9.17, 15) is 0 Å². The molecule has 0 fully saturated rings. The predicted octanol–water partition coefficient (Wildman–Crippen LogP) is 0.346. The van der Waals surface area contributed by atoms with Crippen LogP contribution in [0, 0.1) is 0 Å². The molecule has 34 valence electrons. The van der Waals surface area contributed by atoms with Crippen molar-refractivity contribution in [2.75, 3.05) is 6.61 Å². The van der Waals surface area contributed by atoms with E-state index in [1.807, 2.05) is 0 Å². The molecule has 0 saturated carbocycles. The van der Waals surface area contributed by atoms with Crippen LogP contribution in [0.3, 0.4) is 0 Å². The molecule has 0 aliphatic rings. The van der Waals surface area contributed by atoms with E-state index >= 15 is 0 Å². The molecule has 0 heterocycles. The summed E-state index contributed by atoms with van der Waals surface area (Å²) < 4.78 is 0. The molecule has 0 aromatic carbocycles. The Kier molecular flexibility index (Phi) is 5.94. The minimum absolute atomic E-state index is 0.342. The number of aliphatic hydroxyl groups is 1. The topological polar surface area (TPSA) is 20.2 Å². The lowest BCUT2D eigenvalue weighted by molar-refractivity contribution is 0.287. The van der Waals surface area contributed by atoms with E-state index in [1.165, 1.54) is 0 Å². The van der Waals surface area contributed by atoms with Crippen molar-refractivity contribution in [3.05, 3.63) is 0 Å². The van der Waals surface area contributed by atoms with Crippen molar-refractivity contribution in [1.82, 2.24) is 0 Å². The summed E-state index contributed by atoms with van der Waals surface area (Å²) in [5, 5.41) is 9.30. The fourth-order valence-electron chi connectivity index (χ4n) is 0.256. The lowest BCUT2D eigenvalue weighted by Gasteiger charge is -1.86. The Morgan fingerprint density at radius 3 is 2.17 bits per heavy atom. The highest BCUT2D eigenvalue weighted by Crippen LogP contribution is 1.87. The minimum Gasteiger partial charge on any atom is -0.396 e. The van der Waals surface area contributed by atoms with E-state index in [4.69, 9.17) is 5.11 Å². The summed E-state index contributed by atoms with van der Waals surface area (Å²) in [6.07, 6.45) is 2.07. The summed E-state index contributed by atoms with van der Waals surface area (Å²) >= 11 is 2.62. The highest BCUT2D eigenvalue weighted by molar-refractivity contribution is 6.08. The van der Waals surface area contributed by atoms with Crippen LogP contribution >= 0.6 is 0 Å². The van der Waals surface area contributed by atoms with Gasteiger partial charge in [-0.2, -0.15) is 0 Å². The zero-order chi connectivity index (χ0) is 4.83. The molecule has 0 aromatic heterocycles. The van der Waals surface area contributed by atoms with Gasteiger partial charge in [0.2, 0.25) is 0 Å². The van der Waals surface area contributed by atoms with Crippen molar-refractivity contribution in [2.45, 2.75) is 18.1 Å². The minimum atomic E-state index is 0.342. The monoisotopic (exact) mass is 100 g/mol. The molecule has 0 aliphatic heterocycles. The number of aliphatic hydroxyl groups excluding tert-OH is 1. The van der Waals surface area contributed by atoms with Crippen LogP contribution in [0.5, 0.6) is 0 Å². The first-order valence-corrected chi connectivity index (χ1v) is 3.04. The summed E-state index contributed by atoms with van der Waals surface area (Å²) in [5.41, 5.74) is 0. The number of rotatable bonds is 3. The van der Waals surface area contributed by atoms with Crippen molar-refractivity contribution in [3.8, 4) is 0 Å². The van der Waals surface area contributed by atoms with Crippen LogP contribution in [0.2, 0.25) is 5.28 Å². The Morgan fingerprint density at radius 2 is 2.00 bits per heavy atom. The maximum Gasteiger partial charge on any atom is 0.118 e. The molecule has 0 atom stereocenters. The molecule has 0 aromatic rings. The summed E-state index contributed by atoms with van der Waals surface area (Å²) in [6, 6.07) is 0. The predicted molar refractivity (Wildman–Crippen MR) is 26.9 cm³/mol. The molecule has 6 heavy (non-hydrogen) atoms. The van der Waals surface area contributed by atoms with Crippen molar-refractivity contribution in [3.63, 3.8) is 0 Å². The molecular weight excluding hydrogens is 91.0 g/mol. The molecule has 0 rings (SSSR count). The third-order valence-electron chi connectivity index (χ3n) is 0.612. The summed E-state index contributed by atoms with van der Waals surface area (Å²) in [4.78, 5) is 0. The quantitative estimate of drug-likeness (QED) is 0.400.